The van der Waals surface area contributed by atoms with Crippen molar-refractivity contribution in [3.05, 3.63) is 53.7 Å². The fraction of sp³-hybridized carbons (Fsp3) is 0.238. The maximum Gasteiger partial charge on any atom is 0.151 e. The van der Waals surface area contributed by atoms with E-state index in [2.05, 4.69) is 43.0 Å². The molecule has 8 heteroatoms. The number of fused-ring (bicyclic) bond motifs is 1. The van der Waals surface area contributed by atoms with Gasteiger partial charge in [0.1, 0.15) is 12.1 Å². The lowest BCUT2D eigenvalue weighted by molar-refractivity contribution is 0.233. The molecule has 0 aliphatic carbocycles. The van der Waals surface area contributed by atoms with Crippen LogP contribution in [0.4, 0.5) is 11.5 Å². The number of benzene rings is 1. The molecule has 3 aromatic heterocycles. The predicted octanol–water partition coefficient (Wildman–Crippen LogP) is 4.27. The van der Waals surface area contributed by atoms with Gasteiger partial charge >= 0.3 is 0 Å². The molecule has 1 aliphatic heterocycles. The van der Waals surface area contributed by atoms with Crippen LogP contribution in [0.5, 0.6) is 5.75 Å². The highest BCUT2D eigenvalue weighted by Crippen LogP contribution is 2.39. The molecule has 1 aromatic carbocycles. The molecule has 0 unspecified atom stereocenters. The van der Waals surface area contributed by atoms with Crippen LogP contribution in [0.3, 0.4) is 0 Å². The molecule has 1 saturated heterocycles. The summed E-state index contributed by atoms with van der Waals surface area (Å²) in [7, 11) is 0. The molecule has 148 valence electrons. The largest absolute Gasteiger partial charge is 0.506 e. The molecule has 0 bridgehead atoms. The van der Waals surface area contributed by atoms with Gasteiger partial charge in [-0.15, -0.1) is 22.7 Å². The number of hydrogen-bond donors (Lipinski definition) is 3. The number of rotatable bonds is 5. The van der Waals surface area contributed by atoms with Crippen LogP contribution in [-0.4, -0.2) is 46.2 Å². The number of aromatic nitrogens is 2. The van der Waals surface area contributed by atoms with E-state index in [0.29, 0.717) is 11.5 Å². The van der Waals surface area contributed by atoms with Crippen LogP contribution in [0.25, 0.3) is 20.0 Å². The van der Waals surface area contributed by atoms with E-state index in [1.807, 2.05) is 12.1 Å². The Morgan fingerprint density at radius 2 is 1.97 bits per heavy atom. The standard InChI is InChI=1S/C21H21N5OS2/c27-17-4-2-1-3-15(17)25-21-20-16(23-13-24-21)10-19(29-20)18-9-14(12-28-18)11-26-7-5-22-6-8-26/h1-4,9-10,12-13,22,27H,5-8,11H2,(H,23,24,25). The zero-order chi connectivity index (χ0) is 19.6. The summed E-state index contributed by atoms with van der Waals surface area (Å²) in [4.78, 5) is 13.8. The summed E-state index contributed by atoms with van der Waals surface area (Å²) >= 11 is 3.46. The van der Waals surface area contributed by atoms with Crippen LogP contribution in [0, 0.1) is 0 Å². The zero-order valence-corrected chi connectivity index (χ0v) is 17.4. The van der Waals surface area contributed by atoms with Crippen molar-refractivity contribution in [1.29, 1.82) is 0 Å². The number of hydrogen-bond acceptors (Lipinski definition) is 8. The molecule has 0 atom stereocenters. The van der Waals surface area contributed by atoms with E-state index in [0.717, 1.165) is 42.9 Å². The molecule has 6 nitrogen and oxygen atoms in total. The Kier molecular flexibility index (Phi) is 5.15. The Morgan fingerprint density at radius 1 is 1.10 bits per heavy atom. The maximum absolute atomic E-state index is 10.1. The summed E-state index contributed by atoms with van der Waals surface area (Å²) in [5.41, 5.74) is 2.91. The van der Waals surface area contributed by atoms with Crippen molar-refractivity contribution in [3.8, 4) is 15.5 Å². The third-order valence-electron chi connectivity index (χ3n) is 4.98. The zero-order valence-electron chi connectivity index (χ0n) is 15.8. The van der Waals surface area contributed by atoms with Crippen molar-refractivity contribution >= 4 is 44.4 Å². The Morgan fingerprint density at radius 3 is 2.83 bits per heavy atom. The minimum absolute atomic E-state index is 0.201. The molecule has 0 radical (unpaired) electrons. The van der Waals surface area contributed by atoms with Crippen molar-refractivity contribution in [3.63, 3.8) is 0 Å². The first kappa shape index (κ1) is 18.5. The quantitative estimate of drug-likeness (QED) is 0.416. The van der Waals surface area contributed by atoms with Gasteiger partial charge in [0, 0.05) is 42.5 Å². The molecule has 1 fully saturated rings. The van der Waals surface area contributed by atoms with Crippen LogP contribution < -0.4 is 10.6 Å². The predicted molar refractivity (Wildman–Crippen MR) is 120 cm³/mol. The van der Waals surface area contributed by atoms with Crippen LogP contribution in [0.15, 0.2) is 48.1 Å². The van der Waals surface area contributed by atoms with Gasteiger partial charge in [0.25, 0.3) is 0 Å². The number of piperazine rings is 1. The first-order chi connectivity index (χ1) is 14.3. The van der Waals surface area contributed by atoms with Crippen molar-refractivity contribution in [2.45, 2.75) is 6.54 Å². The number of aromatic hydroxyl groups is 1. The van der Waals surface area contributed by atoms with Gasteiger partial charge in [0.05, 0.1) is 15.9 Å². The monoisotopic (exact) mass is 423 g/mol. The third-order valence-corrected chi connectivity index (χ3v) is 7.29. The summed E-state index contributed by atoms with van der Waals surface area (Å²) in [5.74, 6) is 0.914. The first-order valence-corrected chi connectivity index (χ1v) is 11.3. The summed E-state index contributed by atoms with van der Waals surface area (Å²) < 4.78 is 0.989. The average Bonchev–Trinajstić information content (AvgIpc) is 3.38. The topological polar surface area (TPSA) is 73.3 Å². The molecular formula is C21H21N5OS2. The number of nitrogens with one attached hydrogen (secondary N) is 2. The van der Waals surface area contributed by atoms with Gasteiger partial charge in [-0.05, 0) is 35.2 Å². The smallest absolute Gasteiger partial charge is 0.151 e. The second kappa shape index (κ2) is 8.08. The number of thiophene rings is 2. The van der Waals surface area contributed by atoms with E-state index in [1.165, 1.54) is 15.3 Å². The normalized spacial score (nSPS) is 15.0. The Balaban J connectivity index is 1.41. The molecular weight excluding hydrogens is 402 g/mol. The fourth-order valence-electron chi connectivity index (χ4n) is 3.49. The lowest BCUT2D eigenvalue weighted by Gasteiger charge is -2.26. The number of nitrogens with zero attached hydrogens (tertiary/aromatic N) is 3. The lowest BCUT2D eigenvalue weighted by Crippen LogP contribution is -2.42. The van der Waals surface area contributed by atoms with Gasteiger partial charge in [-0.2, -0.15) is 0 Å². The highest BCUT2D eigenvalue weighted by molar-refractivity contribution is 7.26. The molecule has 0 saturated carbocycles. The first-order valence-electron chi connectivity index (χ1n) is 9.57. The van der Waals surface area contributed by atoms with Crippen LogP contribution in [0.1, 0.15) is 5.56 Å². The fourth-order valence-corrected chi connectivity index (χ4v) is 5.54. The average molecular weight is 424 g/mol. The third kappa shape index (κ3) is 3.97. The lowest BCUT2D eigenvalue weighted by atomic mass is 10.2. The number of phenols is 1. The molecule has 4 heterocycles. The number of para-hydroxylation sites is 2. The highest BCUT2D eigenvalue weighted by atomic mass is 32.1. The SMILES string of the molecule is Oc1ccccc1Nc1ncnc2cc(-c3cc(CN4CCNCC4)cs3)sc12. The van der Waals surface area contributed by atoms with Crippen molar-refractivity contribution in [1.82, 2.24) is 20.2 Å². The van der Waals surface area contributed by atoms with E-state index >= 15 is 0 Å². The Bertz CT molecular complexity index is 1130. The molecule has 3 N–H and O–H groups in total. The number of anilines is 2. The van der Waals surface area contributed by atoms with Gasteiger partial charge in [-0.1, -0.05) is 12.1 Å². The second-order valence-corrected chi connectivity index (χ2v) is 9.00. The van der Waals surface area contributed by atoms with Crippen LogP contribution in [0.2, 0.25) is 0 Å². The van der Waals surface area contributed by atoms with Gasteiger partial charge < -0.3 is 15.7 Å². The Labute approximate surface area is 176 Å². The van der Waals surface area contributed by atoms with Crippen molar-refractivity contribution in [2.75, 3.05) is 31.5 Å². The van der Waals surface area contributed by atoms with E-state index in [9.17, 15) is 5.11 Å². The van der Waals surface area contributed by atoms with Gasteiger partial charge in [0.15, 0.2) is 5.82 Å². The molecule has 0 amide bonds. The molecule has 4 aromatic rings. The molecule has 1 aliphatic rings. The van der Waals surface area contributed by atoms with E-state index in [4.69, 9.17) is 0 Å². The van der Waals surface area contributed by atoms with E-state index < -0.39 is 0 Å². The van der Waals surface area contributed by atoms with Gasteiger partial charge in [-0.25, -0.2) is 9.97 Å². The van der Waals surface area contributed by atoms with Crippen LogP contribution in [-0.2, 0) is 6.54 Å². The number of phenolic OH excluding ortho intramolecular Hbond substituents is 1. The molecule has 5 rings (SSSR count). The minimum atomic E-state index is 0.201. The van der Waals surface area contributed by atoms with Crippen molar-refractivity contribution in [2.24, 2.45) is 0 Å². The van der Waals surface area contributed by atoms with Gasteiger partial charge in [0.2, 0.25) is 0 Å². The maximum atomic E-state index is 10.1. The minimum Gasteiger partial charge on any atom is -0.506 e. The highest BCUT2D eigenvalue weighted by Gasteiger charge is 2.15. The molecule has 29 heavy (non-hydrogen) atoms. The van der Waals surface area contributed by atoms with E-state index in [1.54, 1.807) is 41.1 Å². The van der Waals surface area contributed by atoms with E-state index in [-0.39, 0.29) is 5.75 Å². The summed E-state index contributed by atoms with van der Waals surface area (Å²) in [6.07, 6.45) is 1.56. The summed E-state index contributed by atoms with van der Waals surface area (Å²) in [5, 5.41) is 19.0. The van der Waals surface area contributed by atoms with Crippen molar-refractivity contribution < 1.29 is 5.11 Å². The van der Waals surface area contributed by atoms with Crippen LogP contribution >= 0.6 is 22.7 Å². The summed E-state index contributed by atoms with van der Waals surface area (Å²) in [6.45, 7) is 5.34. The Hall–Kier alpha value is -2.52. The second-order valence-electron chi connectivity index (χ2n) is 7.03. The van der Waals surface area contributed by atoms with Gasteiger partial charge in [-0.3, -0.25) is 4.90 Å². The summed E-state index contributed by atoms with van der Waals surface area (Å²) in [6, 6.07) is 11.6. The molecule has 0 spiro atoms.